The molecule has 5 heteroatoms. The van der Waals surface area contributed by atoms with Gasteiger partial charge in [0.05, 0.1) is 11.8 Å². The number of nitrogens with zero attached hydrogens (tertiary/aromatic N) is 1. The Morgan fingerprint density at radius 1 is 1.04 bits per heavy atom. The first-order valence-corrected chi connectivity index (χ1v) is 8.34. The van der Waals surface area contributed by atoms with Crippen molar-refractivity contribution in [2.75, 3.05) is 6.61 Å². The lowest BCUT2D eigenvalue weighted by Crippen LogP contribution is -2.37. The molecule has 0 fully saturated rings. The van der Waals surface area contributed by atoms with Crippen LogP contribution in [0.2, 0.25) is 0 Å². The first kappa shape index (κ1) is 16.1. The lowest BCUT2D eigenvalue weighted by atomic mass is 10.0. The second-order valence-electron chi connectivity index (χ2n) is 5.90. The Morgan fingerprint density at radius 3 is 2.73 bits per heavy atom. The van der Waals surface area contributed by atoms with Crippen molar-refractivity contribution in [1.29, 1.82) is 0 Å². The van der Waals surface area contributed by atoms with Gasteiger partial charge in [-0.2, -0.15) is 0 Å². The normalized spacial score (nSPS) is 15.7. The van der Waals surface area contributed by atoms with Crippen molar-refractivity contribution in [1.82, 2.24) is 4.98 Å². The zero-order valence-corrected chi connectivity index (χ0v) is 14.0. The minimum absolute atomic E-state index is 0.125. The van der Waals surface area contributed by atoms with Crippen LogP contribution in [-0.2, 0) is 6.61 Å². The summed E-state index contributed by atoms with van der Waals surface area (Å²) in [4.78, 5) is 16.8. The van der Waals surface area contributed by atoms with Crippen LogP contribution in [0.5, 0.6) is 17.2 Å². The first-order chi connectivity index (χ1) is 12.8. The molecule has 2 heterocycles. The van der Waals surface area contributed by atoms with Crippen molar-refractivity contribution in [3.8, 4) is 17.2 Å². The minimum Gasteiger partial charge on any atom is -0.489 e. The van der Waals surface area contributed by atoms with E-state index < -0.39 is 6.10 Å². The summed E-state index contributed by atoms with van der Waals surface area (Å²) in [7, 11) is 0. The SMILES string of the molecule is O=C1c2cc(OCc3ccccc3)ccc2OCC1Oc1cccnc1. The highest BCUT2D eigenvalue weighted by atomic mass is 16.5. The minimum atomic E-state index is -0.698. The van der Waals surface area contributed by atoms with Gasteiger partial charge in [0.1, 0.15) is 30.5 Å². The van der Waals surface area contributed by atoms with E-state index in [0.717, 1.165) is 5.56 Å². The van der Waals surface area contributed by atoms with Gasteiger partial charge < -0.3 is 14.2 Å². The van der Waals surface area contributed by atoms with Crippen molar-refractivity contribution < 1.29 is 19.0 Å². The van der Waals surface area contributed by atoms with E-state index in [-0.39, 0.29) is 12.4 Å². The first-order valence-electron chi connectivity index (χ1n) is 8.34. The fourth-order valence-corrected chi connectivity index (χ4v) is 2.74. The molecule has 26 heavy (non-hydrogen) atoms. The van der Waals surface area contributed by atoms with Crippen molar-refractivity contribution in [3.63, 3.8) is 0 Å². The van der Waals surface area contributed by atoms with Crippen LogP contribution in [0.25, 0.3) is 0 Å². The van der Waals surface area contributed by atoms with E-state index in [0.29, 0.717) is 29.4 Å². The smallest absolute Gasteiger partial charge is 0.210 e. The molecule has 4 rings (SSSR count). The summed E-state index contributed by atoms with van der Waals surface area (Å²) in [5.74, 6) is 1.58. The molecule has 130 valence electrons. The van der Waals surface area contributed by atoms with Crippen molar-refractivity contribution in [2.24, 2.45) is 0 Å². The van der Waals surface area contributed by atoms with Crippen molar-refractivity contribution in [3.05, 3.63) is 84.2 Å². The Labute approximate surface area is 151 Å². The Hall–Kier alpha value is -3.34. The molecule has 1 unspecified atom stereocenters. The lowest BCUT2D eigenvalue weighted by molar-refractivity contribution is 0.0626. The van der Waals surface area contributed by atoms with Gasteiger partial charge in [0, 0.05) is 6.20 Å². The molecule has 0 amide bonds. The summed E-state index contributed by atoms with van der Waals surface area (Å²) in [6.45, 7) is 0.606. The number of hydrogen-bond donors (Lipinski definition) is 0. The topological polar surface area (TPSA) is 57.7 Å². The molecule has 0 N–H and O–H groups in total. The second-order valence-corrected chi connectivity index (χ2v) is 5.90. The van der Waals surface area contributed by atoms with Crippen LogP contribution >= 0.6 is 0 Å². The number of carbonyl (C=O) groups excluding carboxylic acids is 1. The number of rotatable bonds is 5. The van der Waals surface area contributed by atoms with E-state index in [1.807, 2.05) is 30.3 Å². The summed E-state index contributed by atoms with van der Waals surface area (Å²) >= 11 is 0. The summed E-state index contributed by atoms with van der Waals surface area (Å²) in [6, 6.07) is 18.6. The molecule has 0 radical (unpaired) electrons. The summed E-state index contributed by atoms with van der Waals surface area (Å²) < 4.78 is 17.2. The molecular weight excluding hydrogens is 330 g/mol. The molecule has 1 aliphatic heterocycles. The van der Waals surface area contributed by atoms with E-state index in [1.165, 1.54) is 0 Å². The zero-order valence-electron chi connectivity index (χ0n) is 14.0. The van der Waals surface area contributed by atoms with Crippen LogP contribution in [0, 0.1) is 0 Å². The highest BCUT2D eigenvalue weighted by molar-refractivity contribution is 6.03. The molecule has 0 saturated carbocycles. The Morgan fingerprint density at radius 2 is 1.92 bits per heavy atom. The van der Waals surface area contributed by atoms with Crippen LogP contribution < -0.4 is 14.2 Å². The van der Waals surface area contributed by atoms with Gasteiger partial charge in [0.15, 0.2) is 6.10 Å². The summed E-state index contributed by atoms with van der Waals surface area (Å²) in [6.07, 6.45) is 2.52. The number of benzene rings is 2. The third-order valence-electron chi connectivity index (χ3n) is 4.06. The van der Waals surface area contributed by atoms with Gasteiger partial charge in [0.25, 0.3) is 0 Å². The standard InChI is InChI=1S/C21H17NO4/c23-21-18-11-16(24-13-15-5-2-1-3-6-15)8-9-19(18)25-14-20(21)26-17-7-4-10-22-12-17/h1-12,20H,13-14H2. The van der Waals surface area contributed by atoms with Gasteiger partial charge in [0.2, 0.25) is 5.78 Å². The maximum absolute atomic E-state index is 12.8. The van der Waals surface area contributed by atoms with Crippen LogP contribution in [-0.4, -0.2) is 23.5 Å². The zero-order chi connectivity index (χ0) is 17.8. The largest absolute Gasteiger partial charge is 0.489 e. The van der Waals surface area contributed by atoms with Gasteiger partial charge in [-0.1, -0.05) is 30.3 Å². The van der Waals surface area contributed by atoms with Crippen LogP contribution in [0.4, 0.5) is 0 Å². The Kier molecular flexibility index (Phi) is 4.51. The van der Waals surface area contributed by atoms with Gasteiger partial charge in [-0.25, -0.2) is 0 Å². The monoisotopic (exact) mass is 347 g/mol. The fourth-order valence-electron chi connectivity index (χ4n) is 2.74. The number of hydrogen-bond acceptors (Lipinski definition) is 5. The van der Waals surface area contributed by atoms with E-state index in [9.17, 15) is 4.79 Å². The molecule has 0 saturated heterocycles. The van der Waals surface area contributed by atoms with E-state index in [2.05, 4.69) is 4.98 Å². The summed E-state index contributed by atoms with van der Waals surface area (Å²) in [5, 5.41) is 0. The number of fused-ring (bicyclic) bond motifs is 1. The molecule has 1 aliphatic rings. The molecule has 2 aromatic carbocycles. The highest BCUT2D eigenvalue weighted by Gasteiger charge is 2.31. The number of Topliss-reactive ketones (excluding diaryl/α,β-unsaturated/α-hetero) is 1. The molecule has 1 aromatic heterocycles. The van der Waals surface area contributed by atoms with Gasteiger partial charge in [-0.15, -0.1) is 0 Å². The van der Waals surface area contributed by atoms with E-state index >= 15 is 0 Å². The van der Waals surface area contributed by atoms with Crippen LogP contribution in [0.3, 0.4) is 0 Å². The maximum atomic E-state index is 12.8. The quantitative estimate of drug-likeness (QED) is 0.705. The molecule has 0 spiro atoms. The molecular formula is C21H17NO4. The summed E-state index contributed by atoms with van der Waals surface area (Å²) in [5.41, 5.74) is 1.53. The van der Waals surface area contributed by atoms with Gasteiger partial charge in [-0.05, 0) is 35.9 Å². The second kappa shape index (κ2) is 7.27. The molecule has 5 nitrogen and oxygen atoms in total. The maximum Gasteiger partial charge on any atom is 0.210 e. The highest BCUT2D eigenvalue weighted by Crippen LogP contribution is 2.30. The molecule has 0 bridgehead atoms. The van der Waals surface area contributed by atoms with Crippen LogP contribution in [0.15, 0.2) is 73.1 Å². The number of pyridine rings is 1. The average Bonchev–Trinajstić information content (AvgIpc) is 2.70. The third-order valence-corrected chi connectivity index (χ3v) is 4.06. The number of carbonyl (C=O) groups is 1. The van der Waals surface area contributed by atoms with Gasteiger partial charge in [-0.3, -0.25) is 9.78 Å². The van der Waals surface area contributed by atoms with Crippen LogP contribution in [0.1, 0.15) is 15.9 Å². The predicted octanol–water partition coefficient (Wildman–Crippen LogP) is 3.68. The van der Waals surface area contributed by atoms with E-state index in [4.69, 9.17) is 14.2 Å². The third kappa shape index (κ3) is 3.52. The number of ketones is 1. The van der Waals surface area contributed by atoms with E-state index in [1.54, 1.807) is 42.7 Å². The van der Waals surface area contributed by atoms with Crippen molar-refractivity contribution >= 4 is 5.78 Å². The Balaban J connectivity index is 1.49. The Bertz CT molecular complexity index is 896. The molecule has 0 aliphatic carbocycles. The average molecular weight is 347 g/mol. The number of ether oxygens (including phenoxy) is 3. The number of aromatic nitrogens is 1. The van der Waals surface area contributed by atoms with Gasteiger partial charge >= 0.3 is 0 Å². The van der Waals surface area contributed by atoms with Crippen molar-refractivity contribution in [2.45, 2.75) is 12.7 Å². The lowest BCUT2D eigenvalue weighted by Gasteiger charge is -2.25. The molecule has 1 atom stereocenters. The molecule has 3 aromatic rings. The predicted molar refractivity (Wildman–Crippen MR) is 95.7 cm³/mol. The fraction of sp³-hybridized carbons (Fsp3) is 0.143.